The first kappa shape index (κ1) is 24.8. The first-order valence-electron chi connectivity index (χ1n) is 9.94. The van der Waals surface area contributed by atoms with Crippen LogP contribution in [0, 0.1) is 0 Å². The number of halogens is 3. The van der Waals surface area contributed by atoms with E-state index in [-0.39, 0.29) is 24.7 Å². The molecule has 3 rings (SSSR count). The topological polar surface area (TPSA) is 79.8 Å². The number of rotatable bonds is 9. The smallest absolute Gasteiger partial charge is 0.240 e. The van der Waals surface area contributed by atoms with Crippen molar-refractivity contribution in [2.75, 3.05) is 5.32 Å². The molecule has 0 fully saturated rings. The molecule has 0 unspecified atom stereocenters. The second kappa shape index (κ2) is 12.4. The number of carbonyl (C=O) groups is 2. The molecule has 3 aromatic rings. The van der Waals surface area contributed by atoms with E-state index in [1.165, 1.54) is 6.21 Å². The third kappa shape index (κ3) is 7.89. The monoisotopic (exact) mass is 547 g/mol. The molecule has 0 bridgehead atoms. The molecule has 33 heavy (non-hydrogen) atoms. The third-order valence-electron chi connectivity index (χ3n) is 4.43. The number of anilines is 1. The van der Waals surface area contributed by atoms with Crippen molar-refractivity contribution in [2.24, 2.45) is 5.10 Å². The lowest BCUT2D eigenvalue weighted by molar-refractivity contribution is -0.124. The molecule has 0 saturated heterocycles. The summed E-state index contributed by atoms with van der Waals surface area (Å²) in [4.78, 5) is 23.9. The predicted octanol–water partition coefficient (Wildman–Crippen LogP) is 6.20. The summed E-state index contributed by atoms with van der Waals surface area (Å²) < 4.78 is 6.55. The van der Waals surface area contributed by atoms with Crippen LogP contribution < -0.4 is 15.5 Å². The number of carbonyl (C=O) groups excluding carboxylic acids is 2. The highest BCUT2D eigenvalue weighted by molar-refractivity contribution is 9.10. The van der Waals surface area contributed by atoms with Crippen LogP contribution in [-0.4, -0.2) is 18.0 Å². The maximum absolute atomic E-state index is 12.0. The van der Waals surface area contributed by atoms with Crippen LogP contribution in [0.4, 0.5) is 5.69 Å². The molecule has 0 heterocycles. The van der Waals surface area contributed by atoms with Crippen molar-refractivity contribution in [1.29, 1.82) is 0 Å². The maximum Gasteiger partial charge on any atom is 0.240 e. The van der Waals surface area contributed by atoms with Crippen LogP contribution in [0.5, 0.6) is 5.75 Å². The zero-order valence-electron chi connectivity index (χ0n) is 17.4. The Morgan fingerprint density at radius 3 is 2.36 bits per heavy atom. The fourth-order valence-electron chi connectivity index (χ4n) is 2.72. The highest BCUT2D eigenvalue weighted by Crippen LogP contribution is 2.27. The lowest BCUT2D eigenvalue weighted by Gasteiger charge is -2.10. The Kier molecular flexibility index (Phi) is 9.30. The van der Waals surface area contributed by atoms with Gasteiger partial charge in [-0.05, 0) is 57.9 Å². The Bertz CT molecular complexity index is 1170. The van der Waals surface area contributed by atoms with Gasteiger partial charge in [0.15, 0.2) is 0 Å². The van der Waals surface area contributed by atoms with Crippen LogP contribution in [0.25, 0.3) is 0 Å². The van der Waals surface area contributed by atoms with Crippen molar-refractivity contribution in [3.8, 4) is 5.75 Å². The summed E-state index contributed by atoms with van der Waals surface area (Å²) in [5.74, 6) is -0.0292. The van der Waals surface area contributed by atoms with Gasteiger partial charge in [-0.15, -0.1) is 0 Å². The summed E-state index contributed by atoms with van der Waals surface area (Å²) in [6.07, 6.45) is 1.51. The van der Waals surface area contributed by atoms with E-state index in [2.05, 4.69) is 31.8 Å². The van der Waals surface area contributed by atoms with Gasteiger partial charge in [0.05, 0.1) is 21.4 Å². The zero-order chi connectivity index (χ0) is 23.6. The third-order valence-corrected chi connectivity index (χ3v) is 5.74. The summed E-state index contributed by atoms with van der Waals surface area (Å²) in [5, 5.41) is 7.69. The molecular formula is C24H20BrCl2N3O3. The normalized spacial score (nSPS) is 10.8. The molecule has 0 spiro atoms. The first-order chi connectivity index (χ1) is 15.9. The molecule has 170 valence electrons. The van der Waals surface area contributed by atoms with Crippen LogP contribution in [0.3, 0.4) is 0 Å². The van der Waals surface area contributed by atoms with Crippen molar-refractivity contribution < 1.29 is 14.3 Å². The van der Waals surface area contributed by atoms with Crippen LogP contribution in [-0.2, 0) is 16.2 Å². The van der Waals surface area contributed by atoms with Gasteiger partial charge in [-0.2, -0.15) is 5.10 Å². The van der Waals surface area contributed by atoms with Crippen molar-refractivity contribution in [1.82, 2.24) is 5.43 Å². The highest BCUT2D eigenvalue weighted by atomic mass is 79.9. The molecule has 0 atom stereocenters. The van der Waals surface area contributed by atoms with E-state index < -0.39 is 0 Å². The Balaban J connectivity index is 1.44. The number of hydrogen-bond acceptors (Lipinski definition) is 4. The molecule has 0 aliphatic carbocycles. The van der Waals surface area contributed by atoms with E-state index in [0.717, 1.165) is 15.6 Å². The largest absolute Gasteiger partial charge is 0.488 e. The average molecular weight is 549 g/mol. The Hall–Kier alpha value is -2.87. The number of hydrazone groups is 1. The lowest BCUT2D eigenvalue weighted by atomic mass is 10.2. The molecule has 6 nitrogen and oxygen atoms in total. The molecule has 9 heteroatoms. The fourth-order valence-corrected chi connectivity index (χ4v) is 3.61. The highest BCUT2D eigenvalue weighted by Gasteiger charge is 2.09. The van der Waals surface area contributed by atoms with Gasteiger partial charge in [0, 0.05) is 23.4 Å². The second-order valence-corrected chi connectivity index (χ2v) is 8.56. The molecule has 2 amide bonds. The number of benzene rings is 3. The molecular weight excluding hydrogens is 529 g/mol. The number of ether oxygens (including phenoxy) is 1. The summed E-state index contributed by atoms with van der Waals surface area (Å²) in [7, 11) is 0. The van der Waals surface area contributed by atoms with Gasteiger partial charge in [-0.3, -0.25) is 9.59 Å². The molecule has 0 saturated carbocycles. The van der Waals surface area contributed by atoms with Crippen molar-refractivity contribution in [3.05, 3.63) is 92.4 Å². The standard InChI is InChI=1S/C24H20BrCl2N3O3/c25-18-13-16(9-10-22(18)33-15-17-5-1-2-6-19(17)26)14-28-30-24(32)12-11-23(31)29-21-8-4-3-7-20(21)27/h1-10,13-14H,11-12,15H2,(H,29,31)(H,30,32). The number of hydrogen-bond donors (Lipinski definition) is 2. The molecule has 3 aromatic carbocycles. The molecule has 0 aromatic heterocycles. The van der Waals surface area contributed by atoms with E-state index >= 15 is 0 Å². The van der Waals surface area contributed by atoms with Crippen LogP contribution in [0.15, 0.2) is 76.3 Å². The minimum Gasteiger partial charge on any atom is -0.488 e. The van der Waals surface area contributed by atoms with Gasteiger partial charge < -0.3 is 10.1 Å². The minimum atomic E-state index is -0.376. The second-order valence-electron chi connectivity index (χ2n) is 6.89. The van der Waals surface area contributed by atoms with E-state index in [1.807, 2.05) is 30.3 Å². The zero-order valence-corrected chi connectivity index (χ0v) is 20.5. The fraction of sp³-hybridized carbons (Fsp3) is 0.125. The predicted molar refractivity (Wildman–Crippen MR) is 135 cm³/mol. The van der Waals surface area contributed by atoms with E-state index in [9.17, 15) is 9.59 Å². The van der Waals surface area contributed by atoms with Crippen LogP contribution in [0.2, 0.25) is 10.0 Å². The summed E-state index contributed by atoms with van der Waals surface area (Å²) in [6, 6.07) is 19.8. The van der Waals surface area contributed by atoms with Crippen LogP contribution >= 0.6 is 39.1 Å². The molecule has 0 aliphatic heterocycles. The SMILES string of the molecule is O=C(CCC(=O)Nc1ccccc1Cl)NN=Cc1ccc(OCc2ccccc2Cl)c(Br)c1. The summed E-state index contributed by atoms with van der Waals surface area (Å²) in [5.41, 5.74) is 4.56. The summed E-state index contributed by atoms with van der Waals surface area (Å²) in [6.45, 7) is 0.339. The van der Waals surface area contributed by atoms with Gasteiger partial charge in [0.25, 0.3) is 0 Å². The van der Waals surface area contributed by atoms with Gasteiger partial charge in [0.1, 0.15) is 12.4 Å². The number of para-hydroxylation sites is 1. The minimum absolute atomic E-state index is 0.00779. The number of nitrogens with one attached hydrogen (secondary N) is 2. The average Bonchev–Trinajstić information content (AvgIpc) is 2.80. The lowest BCUT2D eigenvalue weighted by Crippen LogP contribution is -2.20. The molecule has 0 radical (unpaired) electrons. The van der Waals surface area contributed by atoms with Gasteiger partial charge in [0.2, 0.25) is 11.8 Å². The molecule has 2 N–H and O–H groups in total. The Labute approximate surface area is 210 Å². The van der Waals surface area contributed by atoms with Crippen molar-refractivity contribution in [3.63, 3.8) is 0 Å². The van der Waals surface area contributed by atoms with Gasteiger partial charge >= 0.3 is 0 Å². The first-order valence-corrected chi connectivity index (χ1v) is 11.5. The van der Waals surface area contributed by atoms with Gasteiger partial charge in [-0.1, -0.05) is 53.5 Å². The molecule has 0 aliphatic rings. The summed E-state index contributed by atoms with van der Waals surface area (Å²) >= 11 is 15.6. The Morgan fingerprint density at radius 2 is 1.64 bits per heavy atom. The van der Waals surface area contributed by atoms with E-state index in [0.29, 0.717) is 28.1 Å². The van der Waals surface area contributed by atoms with E-state index in [4.69, 9.17) is 27.9 Å². The number of nitrogens with zero attached hydrogens (tertiary/aromatic N) is 1. The van der Waals surface area contributed by atoms with Gasteiger partial charge in [-0.25, -0.2) is 5.43 Å². The quantitative estimate of drug-likeness (QED) is 0.246. The number of amides is 2. The Morgan fingerprint density at radius 1 is 0.939 bits per heavy atom. The maximum atomic E-state index is 12.0. The van der Waals surface area contributed by atoms with Crippen molar-refractivity contribution in [2.45, 2.75) is 19.4 Å². The van der Waals surface area contributed by atoms with E-state index in [1.54, 1.807) is 36.4 Å². The van der Waals surface area contributed by atoms with Crippen molar-refractivity contribution >= 4 is 62.8 Å². The van der Waals surface area contributed by atoms with Crippen LogP contribution in [0.1, 0.15) is 24.0 Å².